The summed E-state index contributed by atoms with van der Waals surface area (Å²) in [5, 5.41) is 9.05. The van der Waals surface area contributed by atoms with Crippen molar-refractivity contribution in [3.05, 3.63) is 43.0 Å². The molecule has 0 saturated heterocycles. The summed E-state index contributed by atoms with van der Waals surface area (Å²) in [7, 11) is 0. The normalized spacial score (nSPS) is 14.1. The third-order valence-electron chi connectivity index (χ3n) is 2.57. The van der Waals surface area contributed by atoms with Crippen molar-refractivity contribution in [1.29, 1.82) is 0 Å². The maximum Gasteiger partial charge on any atom is 0.313 e. The number of rotatable bonds is 6. The van der Waals surface area contributed by atoms with Crippen molar-refractivity contribution in [2.24, 2.45) is 5.41 Å². The monoisotopic (exact) mass is 236 g/mol. The van der Waals surface area contributed by atoms with Gasteiger partial charge in [0.25, 0.3) is 0 Å². The molecular formula is C13H16O2S. The Kier molecular flexibility index (Phi) is 4.62. The first-order valence-corrected chi connectivity index (χ1v) is 6.12. The van der Waals surface area contributed by atoms with E-state index in [1.165, 1.54) is 11.0 Å². The lowest BCUT2D eigenvalue weighted by Crippen LogP contribution is -2.25. The first-order chi connectivity index (χ1) is 7.58. The molecule has 1 aromatic carbocycles. The van der Waals surface area contributed by atoms with E-state index in [9.17, 15) is 4.79 Å². The Morgan fingerprint density at radius 1 is 1.50 bits per heavy atom. The molecule has 1 N–H and O–H groups in total. The van der Waals surface area contributed by atoms with Gasteiger partial charge in [0.1, 0.15) is 0 Å². The quantitative estimate of drug-likeness (QED) is 0.607. The van der Waals surface area contributed by atoms with Crippen LogP contribution in [0.25, 0.3) is 0 Å². The molecule has 1 aromatic rings. The first kappa shape index (κ1) is 12.8. The SMILES string of the molecule is C=CC(C)(CCSc1ccccc1)C(=O)O. The van der Waals surface area contributed by atoms with Gasteiger partial charge in [0, 0.05) is 4.90 Å². The first-order valence-electron chi connectivity index (χ1n) is 5.13. The van der Waals surface area contributed by atoms with Crippen LogP contribution >= 0.6 is 11.8 Å². The number of aliphatic carboxylic acids is 1. The molecule has 0 saturated carbocycles. The highest BCUT2D eigenvalue weighted by molar-refractivity contribution is 7.99. The molecule has 0 bridgehead atoms. The van der Waals surface area contributed by atoms with E-state index in [1.807, 2.05) is 30.3 Å². The highest BCUT2D eigenvalue weighted by Gasteiger charge is 2.28. The fourth-order valence-electron chi connectivity index (χ4n) is 1.19. The molecule has 3 heteroatoms. The van der Waals surface area contributed by atoms with Crippen molar-refractivity contribution in [1.82, 2.24) is 0 Å². The number of carbonyl (C=O) groups is 1. The van der Waals surface area contributed by atoms with Crippen LogP contribution in [-0.4, -0.2) is 16.8 Å². The van der Waals surface area contributed by atoms with Crippen LogP contribution < -0.4 is 0 Å². The highest BCUT2D eigenvalue weighted by Crippen LogP contribution is 2.28. The number of thioether (sulfide) groups is 1. The Bertz CT molecular complexity index is 361. The average molecular weight is 236 g/mol. The number of carboxylic acid groups (broad SMARTS) is 1. The maximum absolute atomic E-state index is 11.0. The number of carboxylic acids is 1. The minimum absolute atomic E-state index is 0.589. The van der Waals surface area contributed by atoms with Crippen molar-refractivity contribution in [3.8, 4) is 0 Å². The van der Waals surface area contributed by atoms with Crippen molar-refractivity contribution in [3.63, 3.8) is 0 Å². The molecular weight excluding hydrogens is 220 g/mol. The summed E-state index contributed by atoms with van der Waals surface area (Å²) in [6, 6.07) is 9.97. The van der Waals surface area contributed by atoms with E-state index in [0.29, 0.717) is 6.42 Å². The standard InChI is InChI=1S/C13H16O2S/c1-3-13(2,12(14)15)9-10-16-11-7-5-4-6-8-11/h3-8H,1,9-10H2,2H3,(H,14,15). The zero-order valence-electron chi connectivity index (χ0n) is 9.35. The van der Waals surface area contributed by atoms with E-state index < -0.39 is 11.4 Å². The predicted octanol–water partition coefficient (Wildman–Crippen LogP) is 3.45. The van der Waals surface area contributed by atoms with Gasteiger partial charge in [-0.2, -0.15) is 0 Å². The topological polar surface area (TPSA) is 37.3 Å². The van der Waals surface area contributed by atoms with Crippen LogP contribution in [0.5, 0.6) is 0 Å². The Morgan fingerprint density at radius 2 is 2.12 bits per heavy atom. The second kappa shape index (κ2) is 5.75. The van der Waals surface area contributed by atoms with E-state index in [0.717, 1.165) is 5.75 Å². The molecule has 16 heavy (non-hydrogen) atoms. The number of benzene rings is 1. The lowest BCUT2D eigenvalue weighted by atomic mass is 9.88. The summed E-state index contributed by atoms with van der Waals surface area (Å²) in [6.07, 6.45) is 2.10. The maximum atomic E-state index is 11.0. The molecule has 0 radical (unpaired) electrons. The molecule has 1 unspecified atom stereocenters. The van der Waals surface area contributed by atoms with Gasteiger partial charge in [-0.3, -0.25) is 4.79 Å². The van der Waals surface area contributed by atoms with Crippen LogP contribution in [0.4, 0.5) is 0 Å². The van der Waals surface area contributed by atoms with Gasteiger partial charge >= 0.3 is 5.97 Å². The molecule has 86 valence electrons. The number of hydrogen-bond acceptors (Lipinski definition) is 2. The van der Waals surface area contributed by atoms with Crippen molar-refractivity contribution in [2.45, 2.75) is 18.2 Å². The van der Waals surface area contributed by atoms with Gasteiger partial charge in [-0.05, 0) is 31.2 Å². The van der Waals surface area contributed by atoms with Crippen molar-refractivity contribution < 1.29 is 9.90 Å². The lowest BCUT2D eigenvalue weighted by Gasteiger charge is -2.19. The molecule has 0 aliphatic rings. The molecule has 0 heterocycles. The van der Waals surface area contributed by atoms with Gasteiger partial charge in [0.05, 0.1) is 5.41 Å². The Labute approximate surface area is 100 Å². The fraction of sp³-hybridized carbons (Fsp3) is 0.308. The summed E-state index contributed by atoms with van der Waals surface area (Å²) >= 11 is 1.67. The number of hydrogen-bond donors (Lipinski definition) is 1. The van der Waals surface area contributed by atoms with Crippen LogP contribution in [0, 0.1) is 5.41 Å². The van der Waals surface area contributed by atoms with Crippen LogP contribution in [0.15, 0.2) is 47.9 Å². The Balaban J connectivity index is 2.46. The van der Waals surface area contributed by atoms with E-state index in [1.54, 1.807) is 18.7 Å². The minimum atomic E-state index is -0.818. The van der Waals surface area contributed by atoms with Crippen LogP contribution in [0.1, 0.15) is 13.3 Å². The van der Waals surface area contributed by atoms with Gasteiger partial charge < -0.3 is 5.11 Å². The molecule has 0 aliphatic carbocycles. The highest BCUT2D eigenvalue weighted by atomic mass is 32.2. The summed E-state index contributed by atoms with van der Waals surface area (Å²) in [5.74, 6) is -0.0325. The summed E-state index contributed by atoms with van der Waals surface area (Å²) < 4.78 is 0. The summed E-state index contributed by atoms with van der Waals surface area (Å²) in [5.41, 5.74) is -0.818. The lowest BCUT2D eigenvalue weighted by molar-refractivity contribution is -0.145. The fourth-order valence-corrected chi connectivity index (χ4v) is 2.31. The Hall–Kier alpha value is -1.22. The van der Waals surface area contributed by atoms with Crippen LogP contribution in [0.3, 0.4) is 0 Å². The molecule has 0 amide bonds. The van der Waals surface area contributed by atoms with Crippen LogP contribution in [-0.2, 0) is 4.79 Å². The van der Waals surface area contributed by atoms with Crippen molar-refractivity contribution >= 4 is 17.7 Å². The van der Waals surface area contributed by atoms with Gasteiger partial charge in [-0.15, -0.1) is 18.3 Å². The molecule has 0 aliphatic heterocycles. The van der Waals surface area contributed by atoms with Gasteiger partial charge in [-0.25, -0.2) is 0 Å². The van der Waals surface area contributed by atoms with E-state index in [4.69, 9.17) is 5.11 Å². The zero-order chi connectivity index (χ0) is 12.0. The molecule has 1 atom stereocenters. The zero-order valence-corrected chi connectivity index (χ0v) is 10.2. The molecule has 2 nitrogen and oxygen atoms in total. The smallest absolute Gasteiger partial charge is 0.313 e. The van der Waals surface area contributed by atoms with E-state index in [-0.39, 0.29) is 0 Å². The molecule has 1 rings (SSSR count). The van der Waals surface area contributed by atoms with Gasteiger partial charge in [0.15, 0.2) is 0 Å². The second-order valence-corrected chi connectivity index (χ2v) is 5.01. The second-order valence-electron chi connectivity index (χ2n) is 3.84. The minimum Gasteiger partial charge on any atom is -0.481 e. The third kappa shape index (κ3) is 3.42. The Morgan fingerprint density at radius 3 is 2.62 bits per heavy atom. The van der Waals surface area contributed by atoms with Gasteiger partial charge in [0.2, 0.25) is 0 Å². The summed E-state index contributed by atoms with van der Waals surface area (Å²) in [6.45, 7) is 5.29. The average Bonchev–Trinajstić information content (AvgIpc) is 2.30. The molecule has 0 spiro atoms. The molecule has 0 fully saturated rings. The predicted molar refractivity (Wildman–Crippen MR) is 67.7 cm³/mol. The summed E-state index contributed by atoms with van der Waals surface area (Å²) in [4.78, 5) is 12.2. The van der Waals surface area contributed by atoms with E-state index >= 15 is 0 Å². The van der Waals surface area contributed by atoms with Crippen LogP contribution in [0.2, 0.25) is 0 Å². The third-order valence-corrected chi connectivity index (χ3v) is 3.59. The largest absolute Gasteiger partial charge is 0.481 e. The molecule has 0 aromatic heterocycles. The van der Waals surface area contributed by atoms with E-state index in [2.05, 4.69) is 6.58 Å². The van der Waals surface area contributed by atoms with Gasteiger partial charge in [-0.1, -0.05) is 24.3 Å². The van der Waals surface area contributed by atoms with Crippen molar-refractivity contribution in [2.75, 3.05) is 5.75 Å².